The molecule has 0 aromatic rings. The van der Waals surface area contributed by atoms with E-state index in [0.717, 1.165) is 5.92 Å². The van der Waals surface area contributed by atoms with Crippen LogP contribution in [0.2, 0.25) is 0 Å². The van der Waals surface area contributed by atoms with Gasteiger partial charge in [-0.2, -0.15) is 0 Å². The van der Waals surface area contributed by atoms with Gasteiger partial charge in [0, 0.05) is 18.6 Å². The van der Waals surface area contributed by atoms with Crippen LogP contribution in [0.4, 0.5) is 0 Å². The molecule has 2 rings (SSSR count). The van der Waals surface area contributed by atoms with Crippen LogP contribution >= 0.6 is 0 Å². The van der Waals surface area contributed by atoms with Crippen LogP contribution in [-0.2, 0) is 0 Å². The first kappa shape index (κ1) is 12.4. The molecule has 0 radical (unpaired) electrons. The Bertz CT molecular complexity index is 238. The minimum atomic E-state index is 0.274. The molecule has 1 aliphatic heterocycles. The van der Waals surface area contributed by atoms with Crippen molar-refractivity contribution in [3.8, 4) is 0 Å². The minimum absolute atomic E-state index is 0.274. The van der Waals surface area contributed by atoms with E-state index in [1.54, 1.807) is 0 Å². The third-order valence-corrected chi connectivity index (χ3v) is 4.00. The lowest BCUT2D eigenvalue weighted by Gasteiger charge is -2.24. The Balaban J connectivity index is 1.67. The summed E-state index contributed by atoms with van der Waals surface area (Å²) in [5, 5.41) is 3.64. The van der Waals surface area contributed by atoms with Gasteiger partial charge in [0.15, 0.2) is 0 Å². The third kappa shape index (κ3) is 3.74. The summed E-state index contributed by atoms with van der Waals surface area (Å²) in [5.41, 5.74) is 0.961. The monoisotopic (exact) mass is 224 g/mol. The predicted molar refractivity (Wildman–Crippen MR) is 69.6 cm³/mol. The SMILES string of the molecule is CC1(CN2CCC(CNC(C)(C)C)C2)CC1. The Morgan fingerprint density at radius 2 is 2.00 bits per heavy atom. The number of likely N-dealkylation sites (tertiary alicyclic amines) is 1. The van der Waals surface area contributed by atoms with Crippen LogP contribution in [0.5, 0.6) is 0 Å². The van der Waals surface area contributed by atoms with Crippen molar-refractivity contribution in [3.05, 3.63) is 0 Å². The number of hydrogen-bond acceptors (Lipinski definition) is 2. The molecule has 0 amide bonds. The van der Waals surface area contributed by atoms with Crippen LogP contribution in [0.3, 0.4) is 0 Å². The van der Waals surface area contributed by atoms with Crippen molar-refractivity contribution >= 4 is 0 Å². The fraction of sp³-hybridized carbons (Fsp3) is 1.00. The first-order valence-corrected chi connectivity index (χ1v) is 6.84. The molecule has 2 fully saturated rings. The summed E-state index contributed by atoms with van der Waals surface area (Å²) in [4.78, 5) is 2.68. The molecule has 1 atom stereocenters. The van der Waals surface area contributed by atoms with Gasteiger partial charge in [-0.1, -0.05) is 6.92 Å². The van der Waals surface area contributed by atoms with Crippen molar-refractivity contribution in [1.82, 2.24) is 10.2 Å². The number of nitrogens with zero attached hydrogens (tertiary/aromatic N) is 1. The van der Waals surface area contributed by atoms with Crippen molar-refractivity contribution in [2.45, 2.75) is 52.5 Å². The second-order valence-electron chi connectivity index (χ2n) is 7.33. The van der Waals surface area contributed by atoms with E-state index in [9.17, 15) is 0 Å². The van der Waals surface area contributed by atoms with Gasteiger partial charge < -0.3 is 10.2 Å². The Kier molecular flexibility index (Phi) is 3.33. The van der Waals surface area contributed by atoms with E-state index in [-0.39, 0.29) is 5.54 Å². The highest BCUT2D eigenvalue weighted by Crippen LogP contribution is 2.46. The maximum atomic E-state index is 3.64. The molecular weight excluding hydrogens is 196 g/mol. The van der Waals surface area contributed by atoms with Crippen LogP contribution in [0.25, 0.3) is 0 Å². The maximum Gasteiger partial charge on any atom is 0.00966 e. The second kappa shape index (κ2) is 4.30. The van der Waals surface area contributed by atoms with E-state index in [1.165, 1.54) is 45.4 Å². The van der Waals surface area contributed by atoms with Crippen LogP contribution < -0.4 is 5.32 Å². The molecule has 1 unspecified atom stereocenters. The van der Waals surface area contributed by atoms with Crippen LogP contribution in [0, 0.1) is 11.3 Å². The Morgan fingerprint density at radius 1 is 1.31 bits per heavy atom. The van der Waals surface area contributed by atoms with Crippen LogP contribution in [-0.4, -0.2) is 36.6 Å². The van der Waals surface area contributed by atoms with Gasteiger partial charge in [0.25, 0.3) is 0 Å². The molecule has 1 saturated carbocycles. The van der Waals surface area contributed by atoms with Gasteiger partial charge in [-0.25, -0.2) is 0 Å². The lowest BCUT2D eigenvalue weighted by molar-refractivity contribution is 0.262. The summed E-state index contributed by atoms with van der Waals surface area (Å²) in [7, 11) is 0. The molecule has 0 aromatic heterocycles. The van der Waals surface area contributed by atoms with Crippen LogP contribution in [0.1, 0.15) is 47.0 Å². The zero-order valence-electron chi connectivity index (χ0n) is 11.5. The molecule has 2 aliphatic rings. The molecule has 1 heterocycles. The second-order valence-corrected chi connectivity index (χ2v) is 7.33. The van der Waals surface area contributed by atoms with Gasteiger partial charge >= 0.3 is 0 Å². The summed E-state index contributed by atoms with van der Waals surface area (Å²) in [5.74, 6) is 0.876. The third-order valence-electron chi connectivity index (χ3n) is 4.00. The summed E-state index contributed by atoms with van der Waals surface area (Å²) < 4.78 is 0. The molecule has 1 saturated heterocycles. The zero-order valence-corrected chi connectivity index (χ0v) is 11.5. The standard InChI is InChI=1S/C14H28N2/c1-13(2,3)15-9-12-5-8-16(10-12)11-14(4)6-7-14/h12,15H,5-11H2,1-4H3. The maximum absolute atomic E-state index is 3.64. The van der Waals surface area contributed by atoms with E-state index in [0.29, 0.717) is 5.41 Å². The first-order valence-electron chi connectivity index (χ1n) is 6.84. The molecule has 0 bridgehead atoms. The lowest BCUT2D eigenvalue weighted by atomic mass is 10.1. The van der Waals surface area contributed by atoms with Gasteiger partial charge in [-0.05, 0) is 64.5 Å². The average Bonchev–Trinajstić information content (AvgIpc) is 2.72. The molecule has 16 heavy (non-hydrogen) atoms. The van der Waals surface area contributed by atoms with Gasteiger partial charge in [-0.3, -0.25) is 0 Å². The molecule has 0 spiro atoms. The van der Waals surface area contributed by atoms with Crippen molar-refractivity contribution in [2.24, 2.45) is 11.3 Å². The number of nitrogens with one attached hydrogen (secondary N) is 1. The van der Waals surface area contributed by atoms with Crippen molar-refractivity contribution in [2.75, 3.05) is 26.2 Å². The van der Waals surface area contributed by atoms with Gasteiger partial charge in [-0.15, -0.1) is 0 Å². The lowest BCUT2D eigenvalue weighted by Crippen LogP contribution is -2.40. The quantitative estimate of drug-likeness (QED) is 0.789. The molecular formula is C14H28N2. The van der Waals surface area contributed by atoms with Gasteiger partial charge in [0.05, 0.1) is 0 Å². The number of hydrogen-bond donors (Lipinski definition) is 1. The smallest absolute Gasteiger partial charge is 0.00966 e. The fourth-order valence-corrected chi connectivity index (χ4v) is 2.58. The Labute approximate surface area is 101 Å². The summed E-state index contributed by atoms with van der Waals surface area (Å²) in [6, 6.07) is 0. The number of rotatable bonds is 4. The van der Waals surface area contributed by atoms with E-state index >= 15 is 0 Å². The average molecular weight is 224 g/mol. The van der Waals surface area contributed by atoms with E-state index in [1.807, 2.05) is 0 Å². The summed E-state index contributed by atoms with van der Waals surface area (Å²) in [6.45, 7) is 14.4. The fourth-order valence-electron chi connectivity index (χ4n) is 2.58. The Morgan fingerprint density at radius 3 is 2.56 bits per heavy atom. The predicted octanol–water partition coefficient (Wildman–Crippen LogP) is 2.50. The highest BCUT2D eigenvalue weighted by molar-refractivity contribution is 4.93. The minimum Gasteiger partial charge on any atom is -0.312 e. The molecule has 2 nitrogen and oxygen atoms in total. The molecule has 1 aliphatic carbocycles. The first-order chi connectivity index (χ1) is 7.36. The molecule has 1 N–H and O–H groups in total. The van der Waals surface area contributed by atoms with Crippen molar-refractivity contribution < 1.29 is 0 Å². The zero-order chi connectivity index (χ0) is 11.8. The normalized spacial score (nSPS) is 29.6. The van der Waals surface area contributed by atoms with Crippen molar-refractivity contribution in [1.29, 1.82) is 0 Å². The molecule has 2 heteroatoms. The summed E-state index contributed by atoms with van der Waals surface area (Å²) in [6.07, 6.45) is 4.29. The highest BCUT2D eigenvalue weighted by Gasteiger charge is 2.40. The van der Waals surface area contributed by atoms with E-state index < -0.39 is 0 Å². The van der Waals surface area contributed by atoms with Gasteiger partial charge in [0.1, 0.15) is 0 Å². The van der Waals surface area contributed by atoms with E-state index in [4.69, 9.17) is 0 Å². The highest BCUT2D eigenvalue weighted by atomic mass is 15.2. The van der Waals surface area contributed by atoms with Crippen molar-refractivity contribution in [3.63, 3.8) is 0 Å². The Hall–Kier alpha value is -0.0800. The molecule has 0 aromatic carbocycles. The van der Waals surface area contributed by atoms with Gasteiger partial charge in [0.2, 0.25) is 0 Å². The molecule has 94 valence electrons. The van der Waals surface area contributed by atoms with E-state index in [2.05, 4.69) is 37.9 Å². The topological polar surface area (TPSA) is 15.3 Å². The van der Waals surface area contributed by atoms with Crippen LogP contribution in [0.15, 0.2) is 0 Å². The largest absolute Gasteiger partial charge is 0.312 e. The summed E-state index contributed by atoms with van der Waals surface area (Å²) >= 11 is 0.